The minimum Gasteiger partial charge on any atom is -0.309 e. The van der Waals surface area contributed by atoms with Crippen molar-refractivity contribution in [1.82, 2.24) is 14.9 Å². The van der Waals surface area contributed by atoms with Crippen molar-refractivity contribution in [3.8, 4) is 11.3 Å². The van der Waals surface area contributed by atoms with Crippen LogP contribution in [0, 0.1) is 0 Å². The maximum absolute atomic E-state index is 13.3. The second kappa shape index (κ2) is 10.0. The van der Waals surface area contributed by atoms with Gasteiger partial charge in [0.15, 0.2) is 5.13 Å². The van der Waals surface area contributed by atoms with Crippen LogP contribution >= 0.6 is 11.3 Å². The average Bonchev–Trinajstić information content (AvgIpc) is 3.21. The molecule has 164 valence electrons. The smallest absolute Gasteiger partial charge is 0.309 e. The number of hydrogen-bond acceptors (Lipinski definition) is 5. The lowest BCUT2D eigenvalue weighted by atomic mass is 10.1. The van der Waals surface area contributed by atoms with Gasteiger partial charge in [0.2, 0.25) is 5.91 Å². The molecule has 0 atom stereocenters. The van der Waals surface area contributed by atoms with E-state index in [2.05, 4.69) is 9.97 Å². The van der Waals surface area contributed by atoms with Gasteiger partial charge < -0.3 is 4.90 Å². The van der Waals surface area contributed by atoms with Crippen LogP contribution in [0.25, 0.3) is 11.3 Å². The fourth-order valence-corrected chi connectivity index (χ4v) is 3.88. The minimum atomic E-state index is -4.50. The van der Waals surface area contributed by atoms with E-state index in [4.69, 9.17) is 0 Å². The fraction of sp³-hybridized carbons (Fsp3) is 0.318. The number of nitrogens with zero attached hydrogens (tertiary/aromatic N) is 4. The molecule has 5 nitrogen and oxygen atoms in total. The number of halogens is 3. The number of amides is 1. The number of hydrogen-bond donors (Lipinski definition) is 0. The number of carbonyl (C=O) groups excluding carboxylic acids is 1. The van der Waals surface area contributed by atoms with Crippen LogP contribution in [0.3, 0.4) is 0 Å². The molecule has 0 bridgehead atoms. The maximum atomic E-state index is 13.3. The quantitative estimate of drug-likeness (QED) is 0.420. The van der Waals surface area contributed by atoms with Gasteiger partial charge in [0.05, 0.1) is 16.9 Å². The van der Waals surface area contributed by atoms with Crippen molar-refractivity contribution >= 4 is 28.1 Å². The third kappa shape index (κ3) is 6.11. The Morgan fingerprint density at radius 3 is 2.61 bits per heavy atom. The summed E-state index contributed by atoms with van der Waals surface area (Å²) in [6.45, 7) is 0.833. The second-order valence-corrected chi connectivity index (χ2v) is 8.13. The Balaban J connectivity index is 1.92. The van der Waals surface area contributed by atoms with Crippen LogP contribution in [-0.2, 0) is 11.0 Å². The molecule has 0 aliphatic carbocycles. The standard InChI is InChI=1S/C22H23F3N4OS/c1-28(2)12-4-3-10-20(30)29(18-9-5-8-17(13-18)22(23,24)25)21-27-19(15-31-21)16-7-6-11-26-14-16/h5-9,11,13-15H,3-4,10,12H2,1-2H3. The Morgan fingerprint density at radius 1 is 1.13 bits per heavy atom. The summed E-state index contributed by atoms with van der Waals surface area (Å²) < 4.78 is 39.8. The molecule has 0 saturated carbocycles. The van der Waals surface area contributed by atoms with Crippen molar-refractivity contribution in [1.29, 1.82) is 0 Å². The van der Waals surface area contributed by atoms with Gasteiger partial charge in [0.1, 0.15) is 0 Å². The van der Waals surface area contributed by atoms with Crippen molar-refractivity contribution in [2.75, 3.05) is 25.5 Å². The summed E-state index contributed by atoms with van der Waals surface area (Å²) in [7, 11) is 3.90. The van der Waals surface area contributed by atoms with Gasteiger partial charge >= 0.3 is 6.18 Å². The van der Waals surface area contributed by atoms with Gasteiger partial charge in [-0.05, 0) is 63.8 Å². The van der Waals surface area contributed by atoms with Crippen LogP contribution < -0.4 is 4.90 Å². The summed E-state index contributed by atoms with van der Waals surface area (Å²) in [6.07, 6.45) is 0.451. The molecule has 2 heterocycles. The highest BCUT2D eigenvalue weighted by molar-refractivity contribution is 7.14. The third-order valence-corrected chi connectivity index (χ3v) is 5.39. The molecule has 1 amide bonds. The van der Waals surface area contributed by atoms with Crippen molar-refractivity contribution in [2.24, 2.45) is 0 Å². The van der Waals surface area contributed by atoms with E-state index in [1.165, 1.54) is 28.4 Å². The zero-order valence-corrected chi connectivity index (χ0v) is 18.1. The first-order chi connectivity index (χ1) is 14.8. The molecule has 2 aromatic heterocycles. The lowest BCUT2D eigenvalue weighted by molar-refractivity contribution is -0.137. The SMILES string of the molecule is CN(C)CCCCC(=O)N(c1cccc(C(F)(F)F)c1)c1nc(-c2cccnc2)cs1. The van der Waals surface area contributed by atoms with Gasteiger partial charge in [-0.25, -0.2) is 4.98 Å². The van der Waals surface area contributed by atoms with Crippen molar-refractivity contribution < 1.29 is 18.0 Å². The van der Waals surface area contributed by atoms with Gasteiger partial charge in [-0.15, -0.1) is 11.3 Å². The van der Waals surface area contributed by atoms with Gasteiger partial charge in [-0.2, -0.15) is 13.2 Å². The number of thiazole rings is 1. The molecule has 3 rings (SSSR count). The molecule has 0 fully saturated rings. The molecule has 0 radical (unpaired) electrons. The lowest BCUT2D eigenvalue weighted by Crippen LogP contribution is -2.26. The van der Waals surface area contributed by atoms with Crippen LogP contribution in [0.1, 0.15) is 24.8 Å². The van der Waals surface area contributed by atoms with Crippen LogP contribution in [0.4, 0.5) is 24.0 Å². The number of carbonyl (C=O) groups is 1. The van der Waals surface area contributed by atoms with Crippen LogP contribution in [0.2, 0.25) is 0 Å². The lowest BCUT2D eigenvalue weighted by Gasteiger charge is -2.21. The van der Waals surface area contributed by atoms with Crippen LogP contribution in [-0.4, -0.2) is 41.4 Å². The topological polar surface area (TPSA) is 49.3 Å². The molecule has 9 heteroatoms. The molecule has 0 aliphatic rings. The Labute approximate surface area is 183 Å². The van der Waals surface area contributed by atoms with E-state index >= 15 is 0 Å². The summed E-state index contributed by atoms with van der Waals surface area (Å²) >= 11 is 1.21. The van der Waals surface area contributed by atoms with E-state index in [1.807, 2.05) is 25.1 Å². The first-order valence-electron chi connectivity index (χ1n) is 9.76. The molecule has 31 heavy (non-hydrogen) atoms. The predicted molar refractivity (Wildman–Crippen MR) is 116 cm³/mol. The van der Waals surface area contributed by atoms with E-state index in [0.717, 1.165) is 30.7 Å². The second-order valence-electron chi connectivity index (χ2n) is 7.29. The zero-order chi connectivity index (χ0) is 22.4. The number of pyridine rings is 1. The number of anilines is 2. The zero-order valence-electron chi connectivity index (χ0n) is 17.3. The van der Waals surface area contributed by atoms with Crippen LogP contribution in [0.5, 0.6) is 0 Å². The summed E-state index contributed by atoms with van der Waals surface area (Å²) in [6, 6.07) is 8.39. The Bertz CT molecular complexity index is 1010. The summed E-state index contributed by atoms with van der Waals surface area (Å²) in [5, 5.41) is 2.10. The van der Waals surface area contributed by atoms with Gasteiger partial charge in [0.25, 0.3) is 0 Å². The highest BCUT2D eigenvalue weighted by Gasteiger charge is 2.32. The van der Waals surface area contributed by atoms with E-state index < -0.39 is 11.7 Å². The molecule has 0 saturated heterocycles. The van der Waals surface area contributed by atoms with Crippen molar-refractivity contribution in [2.45, 2.75) is 25.4 Å². The molecule has 0 spiro atoms. The van der Waals surface area contributed by atoms with Crippen molar-refractivity contribution in [3.05, 3.63) is 59.7 Å². The molecule has 0 unspecified atom stereocenters. The predicted octanol–water partition coefficient (Wildman–Crippen LogP) is 5.62. The molecular weight excluding hydrogens is 425 g/mol. The van der Waals surface area contributed by atoms with Crippen molar-refractivity contribution in [3.63, 3.8) is 0 Å². The van der Waals surface area contributed by atoms with Gasteiger partial charge in [-0.3, -0.25) is 14.7 Å². The number of benzene rings is 1. The van der Waals surface area contributed by atoms with E-state index in [0.29, 0.717) is 17.2 Å². The highest BCUT2D eigenvalue weighted by Crippen LogP contribution is 2.36. The van der Waals surface area contributed by atoms with E-state index in [-0.39, 0.29) is 18.0 Å². The van der Waals surface area contributed by atoms with Gasteiger partial charge in [-0.1, -0.05) is 6.07 Å². The molecule has 0 aliphatic heterocycles. The summed E-state index contributed by atoms with van der Waals surface area (Å²) in [5.41, 5.74) is 0.733. The monoisotopic (exact) mass is 448 g/mol. The number of aromatic nitrogens is 2. The molecule has 0 N–H and O–H groups in total. The highest BCUT2D eigenvalue weighted by atomic mass is 32.1. The summed E-state index contributed by atoms with van der Waals surface area (Å²) in [4.78, 5) is 25.0. The van der Waals surface area contributed by atoms with Gasteiger partial charge in [0, 0.05) is 29.8 Å². The van der Waals surface area contributed by atoms with E-state index in [1.54, 1.807) is 23.8 Å². The molecule has 1 aromatic carbocycles. The number of unbranched alkanes of at least 4 members (excludes halogenated alkanes) is 1. The minimum absolute atomic E-state index is 0.152. The Kier molecular flexibility index (Phi) is 7.40. The maximum Gasteiger partial charge on any atom is 0.416 e. The first-order valence-corrected chi connectivity index (χ1v) is 10.6. The average molecular weight is 449 g/mol. The largest absolute Gasteiger partial charge is 0.416 e. The number of alkyl halides is 3. The Morgan fingerprint density at radius 2 is 1.94 bits per heavy atom. The van der Waals surface area contributed by atoms with E-state index in [9.17, 15) is 18.0 Å². The number of rotatable bonds is 8. The fourth-order valence-electron chi connectivity index (χ4n) is 3.01. The summed E-state index contributed by atoms with van der Waals surface area (Å²) in [5.74, 6) is -0.287. The molecular formula is C22H23F3N4OS. The van der Waals surface area contributed by atoms with Crippen LogP contribution in [0.15, 0.2) is 54.2 Å². The first kappa shape index (κ1) is 22.9. The Hall–Kier alpha value is -2.78. The normalized spacial score (nSPS) is 11.7. The molecule has 3 aromatic rings. The third-order valence-electron chi connectivity index (χ3n) is 4.57.